The molecule has 1 rings (SSSR count). The summed E-state index contributed by atoms with van der Waals surface area (Å²) >= 11 is 0. The molecule has 2 atom stereocenters. The van der Waals surface area contributed by atoms with Gasteiger partial charge in [-0.3, -0.25) is 0 Å². The van der Waals surface area contributed by atoms with Gasteiger partial charge in [-0.25, -0.2) is 0 Å². The van der Waals surface area contributed by atoms with Gasteiger partial charge in [0.05, 0.1) is 26.9 Å². The van der Waals surface area contributed by atoms with Crippen molar-refractivity contribution >= 4 is 0 Å². The van der Waals surface area contributed by atoms with Crippen molar-refractivity contribution in [3.05, 3.63) is 23.8 Å². The number of hydrogen-bond acceptors (Lipinski definition) is 5. The Kier molecular flexibility index (Phi) is 5.91. The largest absolute Gasteiger partial charge is 0.493 e. The molecular weight excluding hydrogens is 234 g/mol. The average molecular weight is 255 g/mol. The van der Waals surface area contributed by atoms with Crippen molar-refractivity contribution in [1.29, 1.82) is 0 Å². The normalized spacial score (nSPS) is 14.1. The predicted molar refractivity (Wildman–Crippen MR) is 69.1 cm³/mol. The molecule has 0 saturated heterocycles. The molecule has 102 valence electrons. The summed E-state index contributed by atoms with van der Waals surface area (Å²) in [6, 6.07) is 5.15. The Labute approximate surface area is 107 Å². The summed E-state index contributed by atoms with van der Waals surface area (Å²) in [4.78, 5) is 0. The minimum Gasteiger partial charge on any atom is -0.493 e. The monoisotopic (exact) mass is 255 g/mol. The van der Waals surface area contributed by atoms with Gasteiger partial charge in [0.25, 0.3) is 0 Å². The Balaban J connectivity index is 2.82. The molecule has 0 aliphatic heterocycles. The second-order valence-corrected chi connectivity index (χ2v) is 4.03. The first-order valence-corrected chi connectivity index (χ1v) is 5.88. The quantitative estimate of drug-likeness (QED) is 0.669. The number of methoxy groups -OCH3 is 2. The molecule has 0 radical (unpaired) electrons. The molecule has 0 saturated carbocycles. The highest BCUT2D eigenvalue weighted by molar-refractivity contribution is 5.43. The summed E-state index contributed by atoms with van der Waals surface area (Å²) in [5.41, 5.74) is 0.741. The topological polar surface area (TPSA) is 71.0 Å². The Hall–Kier alpha value is -1.30. The van der Waals surface area contributed by atoms with Crippen LogP contribution in [0.3, 0.4) is 0 Å². The maximum absolute atomic E-state index is 10.2. The van der Waals surface area contributed by atoms with Crippen molar-refractivity contribution in [3.8, 4) is 11.5 Å². The summed E-state index contributed by atoms with van der Waals surface area (Å²) in [6.45, 7) is 2.35. The van der Waals surface area contributed by atoms with Crippen LogP contribution in [0.2, 0.25) is 0 Å². The van der Waals surface area contributed by atoms with Crippen LogP contribution in [0, 0.1) is 0 Å². The van der Waals surface area contributed by atoms with Crippen LogP contribution in [0.4, 0.5) is 0 Å². The minimum absolute atomic E-state index is 0.0446. The first-order valence-electron chi connectivity index (χ1n) is 5.88. The average Bonchev–Trinajstić information content (AvgIpc) is 2.42. The number of benzene rings is 1. The lowest BCUT2D eigenvalue weighted by molar-refractivity contribution is 0.131. The molecule has 0 aromatic heterocycles. The van der Waals surface area contributed by atoms with Gasteiger partial charge in [0.15, 0.2) is 11.5 Å². The van der Waals surface area contributed by atoms with Gasteiger partial charge in [-0.2, -0.15) is 0 Å². The number of aliphatic hydroxyl groups excluding tert-OH is 2. The van der Waals surface area contributed by atoms with Crippen molar-refractivity contribution in [2.75, 3.05) is 27.4 Å². The summed E-state index contributed by atoms with van der Waals surface area (Å²) < 4.78 is 10.3. The number of nitrogens with one attached hydrogen (secondary N) is 1. The van der Waals surface area contributed by atoms with Crippen LogP contribution < -0.4 is 14.8 Å². The fraction of sp³-hybridized carbons (Fsp3) is 0.538. The van der Waals surface area contributed by atoms with Gasteiger partial charge in [-0.05, 0) is 24.6 Å². The van der Waals surface area contributed by atoms with Crippen LogP contribution in [-0.4, -0.2) is 43.6 Å². The highest BCUT2D eigenvalue weighted by Gasteiger charge is 2.17. The summed E-state index contributed by atoms with van der Waals surface area (Å²) in [6.07, 6.45) is -0.670. The summed E-state index contributed by atoms with van der Waals surface area (Å²) in [7, 11) is 3.13. The molecule has 3 N–H and O–H groups in total. The molecule has 1 aromatic rings. The van der Waals surface area contributed by atoms with E-state index in [-0.39, 0.29) is 12.6 Å². The molecule has 0 amide bonds. The van der Waals surface area contributed by atoms with Gasteiger partial charge in [-0.1, -0.05) is 6.07 Å². The van der Waals surface area contributed by atoms with Crippen LogP contribution in [0.15, 0.2) is 18.2 Å². The lowest BCUT2D eigenvalue weighted by Crippen LogP contribution is -2.34. The molecule has 0 spiro atoms. The zero-order chi connectivity index (χ0) is 13.5. The number of hydrogen-bond donors (Lipinski definition) is 3. The Bertz CT molecular complexity index is 370. The molecule has 5 heteroatoms. The molecular formula is C13H21NO4. The Morgan fingerprint density at radius 3 is 2.44 bits per heavy atom. The number of aliphatic hydroxyl groups is 2. The molecule has 0 fully saturated rings. The van der Waals surface area contributed by atoms with E-state index in [1.54, 1.807) is 32.4 Å². The van der Waals surface area contributed by atoms with Crippen LogP contribution in [0.5, 0.6) is 11.5 Å². The molecule has 5 nitrogen and oxygen atoms in total. The standard InChI is InChI=1S/C13H21NO4/c1-9(14-6-7-15)13(16)10-4-5-11(17-2)12(8-10)18-3/h4-5,8-9,13-16H,6-7H2,1-3H3. The van der Waals surface area contributed by atoms with E-state index in [9.17, 15) is 5.11 Å². The number of ether oxygens (including phenoxy) is 2. The van der Waals surface area contributed by atoms with Crippen molar-refractivity contribution in [2.45, 2.75) is 19.1 Å². The second-order valence-electron chi connectivity index (χ2n) is 4.03. The zero-order valence-corrected chi connectivity index (χ0v) is 11.0. The van der Waals surface area contributed by atoms with Crippen molar-refractivity contribution in [3.63, 3.8) is 0 Å². The highest BCUT2D eigenvalue weighted by Crippen LogP contribution is 2.30. The van der Waals surface area contributed by atoms with Crippen LogP contribution in [0.1, 0.15) is 18.6 Å². The zero-order valence-electron chi connectivity index (χ0n) is 11.0. The Morgan fingerprint density at radius 1 is 1.22 bits per heavy atom. The SMILES string of the molecule is COc1ccc(C(O)C(C)NCCO)cc1OC. The van der Waals surface area contributed by atoms with Gasteiger partial charge < -0.3 is 25.0 Å². The molecule has 1 aromatic carbocycles. The predicted octanol–water partition coefficient (Wildman–Crippen LogP) is 0.708. The van der Waals surface area contributed by atoms with E-state index in [1.165, 1.54) is 0 Å². The molecule has 18 heavy (non-hydrogen) atoms. The summed E-state index contributed by atoms with van der Waals surface area (Å²) in [5, 5.41) is 21.9. The van der Waals surface area contributed by atoms with E-state index in [1.807, 2.05) is 6.92 Å². The fourth-order valence-electron chi connectivity index (χ4n) is 1.73. The van der Waals surface area contributed by atoms with Crippen molar-refractivity contribution < 1.29 is 19.7 Å². The van der Waals surface area contributed by atoms with E-state index >= 15 is 0 Å². The van der Waals surface area contributed by atoms with Crippen LogP contribution in [0.25, 0.3) is 0 Å². The molecule has 0 bridgehead atoms. The maximum Gasteiger partial charge on any atom is 0.161 e. The Morgan fingerprint density at radius 2 is 1.89 bits per heavy atom. The van der Waals surface area contributed by atoms with Gasteiger partial charge in [-0.15, -0.1) is 0 Å². The molecule has 0 heterocycles. The van der Waals surface area contributed by atoms with E-state index < -0.39 is 6.10 Å². The number of rotatable bonds is 7. The van der Waals surface area contributed by atoms with Gasteiger partial charge in [0, 0.05) is 12.6 Å². The highest BCUT2D eigenvalue weighted by atomic mass is 16.5. The maximum atomic E-state index is 10.2. The van der Waals surface area contributed by atoms with E-state index in [2.05, 4.69) is 5.32 Å². The van der Waals surface area contributed by atoms with Gasteiger partial charge in [0.2, 0.25) is 0 Å². The van der Waals surface area contributed by atoms with Crippen LogP contribution in [-0.2, 0) is 0 Å². The lowest BCUT2D eigenvalue weighted by atomic mass is 10.0. The van der Waals surface area contributed by atoms with Crippen molar-refractivity contribution in [2.24, 2.45) is 0 Å². The smallest absolute Gasteiger partial charge is 0.161 e. The van der Waals surface area contributed by atoms with Gasteiger partial charge in [0.1, 0.15) is 0 Å². The third-order valence-corrected chi connectivity index (χ3v) is 2.80. The van der Waals surface area contributed by atoms with E-state index in [4.69, 9.17) is 14.6 Å². The third kappa shape index (κ3) is 3.60. The molecule has 0 aliphatic carbocycles. The van der Waals surface area contributed by atoms with Crippen LogP contribution >= 0.6 is 0 Å². The fourth-order valence-corrected chi connectivity index (χ4v) is 1.73. The third-order valence-electron chi connectivity index (χ3n) is 2.80. The second kappa shape index (κ2) is 7.20. The first-order chi connectivity index (χ1) is 8.63. The first kappa shape index (κ1) is 14.8. The summed E-state index contributed by atoms with van der Waals surface area (Å²) in [5.74, 6) is 1.22. The van der Waals surface area contributed by atoms with Gasteiger partial charge >= 0.3 is 0 Å². The van der Waals surface area contributed by atoms with Crippen molar-refractivity contribution in [1.82, 2.24) is 5.32 Å². The molecule has 2 unspecified atom stereocenters. The molecule has 0 aliphatic rings. The minimum atomic E-state index is -0.670. The lowest BCUT2D eigenvalue weighted by Gasteiger charge is -2.21. The van der Waals surface area contributed by atoms with E-state index in [0.29, 0.717) is 18.0 Å². The van der Waals surface area contributed by atoms with E-state index in [0.717, 1.165) is 5.56 Å².